The maximum atomic E-state index is 11.2. The lowest BCUT2D eigenvalue weighted by molar-refractivity contribution is 0.0602. The number of rotatable bonds is 1. The number of ether oxygens (including phenoxy) is 1. The van der Waals surface area contributed by atoms with Crippen LogP contribution < -0.4 is 0 Å². The van der Waals surface area contributed by atoms with Crippen LogP contribution in [-0.4, -0.2) is 18.2 Å². The molecule has 0 atom stereocenters. The molecule has 0 unspecified atom stereocenters. The number of hydrogen-bond acceptors (Lipinski definition) is 4. The van der Waals surface area contributed by atoms with Crippen LogP contribution in [0, 0.1) is 0 Å². The number of esters is 1. The Bertz CT molecular complexity index is 484. The Balaban J connectivity index is 2.64. The molecular weight excluding hydrogens is 184 g/mol. The smallest absolute Gasteiger partial charge is 0.341 e. The highest BCUT2D eigenvalue weighted by atomic mass is 16.5. The first-order valence-electron chi connectivity index (χ1n) is 4.01. The minimum atomic E-state index is -0.450. The highest BCUT2D eigenvalue weighted by Crippen LogP contribution is 2.25. The topological polar surface area (TPSA) is 59.7 Å². The van der Waals surface area contributed by atoms with Gasteiger partial charge in [-0.2, -0.15) is 0 Å². The van der Waals surface area contributed by atoms with Crippen LogP contribution in [0.25, 0.3) is 11.0 Å². The molecule has 2 aromatic rings. The van der Waals surface area contributed by atoms with Crippen LogP contribution in [0.4, 0.5) is 0 Å². The maximum Gasteiger partial charge on any atom is 0.341 e. The molecule has 72 valence electrons. The third-order valence-corrected chi connectivity index (χ3v) is 1.96. The summed E-state index contributed by atoms with van der Waals surface area (Å²) in [7, 11) is 1.31. The Morgan fingerprint density at radius 2 is 2.29 bits per heavy atom. The van der Waals surface area contributed by atoms with E-state index < -0.39 is 5.97 Å². The van der Waals surface area contributed by atoms with Crippen molar-refractivity contribution < 1.29 is 19.1 Å². The van der Waals surface area contributed by atoms with E-state index in [1.807, 2.05) is 0 Å². The quantitative estimate of drug-likeness (QED) is 0.701. The van der Waals surface area contributed by atoms with Gasteiger partial charge in [0.15, 0.2) is 0 Å². The molecule has 14 heavy (non-hydrogen) atoms. The standard InChI is InChI=1S/C10H8O4/c1-13-10(12)8-5-14-9-4-6(11)2-3-7(8)9/h2-5,11H,1H3. The van der Waals surface area contributed by atoms with Gasteiger partial charge in [0.25, 0.3) is 0 Å². The zero-order valence-electron chi connectivity index (χ0n) is 7.48. The SMILES string of the molecule is COC(=O)c1coc2cc(O)ccc12. The molecule has 0 aliphatic heterocycles. The van der Waals surface area contributed by atoms with E-state index in [2.05, 4.69) is 4.74 Å². The average molecular weight is 192 g/mol. The lowest BCUT2D eigenvalue weighted by Crippen LogP contribution is -1.99. The Labute approximate surface area is 79.7 Å². The molecule has 2 rings (SSSR count). The number of fused-ring (bicyclic) bond motifs is 1. The van der Waals surface area contributed by atoms with Gasteiger partial charge < -0.3 is 14.3 Å². The summed E-state index contributed by atoms with van der Waals surface area (Å²) in [5.41, 5.74) is 0.827. The molecule has 4 heteroatoms. The number of phenolic OH excluding ortho intramolecular Hbond substituents is 1. The third-order valence-electron chi connectivity index (χ3n) is 1.96. The fraction of sp³-hybridized carbons (Fsp3) is 0.100. The summed E-state index contributed by atoms with van der Waals surface area (Å²) < 4.78 is 9.66. The van der Waals surface area contributed by atoms with Gasteiger partial charge in [0.2, 0.25) is 0 Å². The zero-order valence-corrected chi connectivity index (χ0v) is 7.48. The monoisotopic (exact) mass is 192 g/mol. The molecular formula is C10H8O4. The number of carbonyl (C=O) groups is 1. The summed E-state index contributed by atoms with van der Waals surface area (Å²) in [6.07, 6.45) is 1.32. The van der Waals surface area contributed by atoms with Crippen molar-refractivity contribution in [2.45, 2.75) is 0 Å². The number of aromatic hydroxyl groups is 1. The van der Waals surface area contributed by atoms with E-state index in [0.717, 1.165) is 0 Å². The van der Waals surface area contributed by atoms with E-state index in [0.29, 0.717) is 16.5 Å². The number of phenols is 1. The van der Waals surface area contributed by atoms with Crippen molar-refractivity contribution >= 4 is 16.9 Å². The summed E-state index contributed by atoms with van der Waals surface area (Å²) in [6.45, 7) is 0. The predicted molar refractivity (Wildman–Crippen MR) is 49.2 cm³/mol. The normalized spacial score (nSPS) is 10.4. The van der Waals surface area contributed by atoms with Gasteiger partial charge >= 0.3 is 5.97 Å². The Morgan fingerprint density at radius 3 is 3.00 bits per heavy atom. The van der Waals surface area contributed by atoms with Crippen molar-refractivity contribution in [1.82, 2.24) is 0 Å². The summed E-state index contributed by atoms with van der Waals surface area (Å²) >= 11 is 0. The lowest BCUT2D eigenvalue weighted by Gasteiger charge is -1.95. The van der Waals surface area contributed by atoms with Crippen LogP contribution in [0.15, 0.2) is 28.9 Å². The second-order valence-electron chi connectivity index (χ2n) is 2.82. The van der Waals surface area contributed by atoms with Gasteiger partial charge in [-0.1, -0.05) is 0 Å². The van der Waals surface area contributed by atoms with Crippen molar-refractivity contribution in [3.8, 4) is 5.75 Å². The number of furan rings is 1. The highest BCUT2D eigenvalue weighted by molar-refractivity contribution is 6.03. The van der Waals surface area contributed by atoms with Gasteiger partial charge in [0.1, 0.15) is 23.2 Å². The first-order chi connectivity index (χ1) is 6.72. The van der Waals surface area contributed by atoms with Crippen molar-refractivity contribution in [3.63, 3.8) is 0 Å². The van der Waals surface area contributed by atoms with Crippen LogP contribution in [-0.2, 0) is 4.74 Å². The van der Waals surface area contributed by atoms with Gasteiger partial charge in [-0.25, -0.2) is 4.79 Å². The molecule has 0 saturated heterocycles. The number of hydrogen-bond donors (Lipinski definition) is 1. The number of methoxy groups -OCH3 is 1. The Hall–Kier alpha value is -1.97. The summed E-state index contributed by atoms with van der Waals surface area (Å²) in [6, 6.07) is 4.55. The summed E-state index contributed by atoms with van der Waals surface area (Å²) in [5.74, 6) is -0.349. The molecule has 0 saturated carbocycles. The van der Waals surface area contributed by atoms with Gasteiger partial charge in [-0.15, -0.1) is 0 Å². The van der Waals surface area contributed by atoms with E-state index in [1.165, 1.54) is 25.5 Å². The summed E-state index contributed by atoms with van der Waals surface area (Å²) in [5, 5.41) is 9.79. The van der Waals surface area contributed by atoms with E-state index in [4.69, 9.17) is 9.52 Å². The van der Waals surface area contributed by atoms with Crippen LogP contribution in [0.5, 0.6) is 5.75 Å². The molecule has 1 aromatic heterocycles. The molecule has 0 amide bonds. The second-order valence-corrected chi connectivity index (χ2v) is 2.82. The van der Waals surface area contributed by atoms with Crippen LogP contribution in [0.2, 0.25) is 0 Å². The molecule has 0 spiro atoms. The van der Waals surface area contributed by atoms with Crippen LogP contribution in [0.3, 0.4) is 0 Å². The molecule has 0 bridgehead atoms. The molecule has 4 nitrogen and oxygen atoms in total. The van der Waals surface area contributed by atoms with Gasteiger partial charge in [-0.05, 0) is 12.1 Å². The van der Waals surface area contributed by atoms with Crippen molar-refractivity contribution in [3.05, 3.63) is 30.0 Å². The number of benzene rings is 1. The Kier molecular flexibility index (Phi) is 1.89. The van der Waals surface area contributed by atoms with Gasteiger partial charge in [-0.3, -0.25) is 0 Å². The predicted octanol–water partition coefficient (Wildman–Crippen LogP) is 1.93. The van der Waals surface area contributed by atoms with Crippen molar-refractivity contribution in [2.24, 2.45) is 0 Å². The fourth-order valence-corrected chi connectivity index (χ4v) is 1.28. The third kappa shape index (κ3) is 1.21. The number of carbonyl (C=O) groups excluding carboxylic acids is 1. The van der Waals surface area contributed by atoms with E-state index in [1.54, 1.807) is 6.07 Å². The van der Waals surface area contributed by atoms with Crippen LogP contribution >= 0.6 is 0 Å². The van der Waals surface area contributed by atoms with Gasteiger partial charge in [0.05, 0.1) is 7.11 Å². The van der Waals surface area contributed by atoms with Crippen molar-refractivity contribution in [2.75, 3.05) is 7.11 Å². The summed E-state index contributed by atoms with van der Waals surface area (Å²) in [4.78, 5) is 11.2. The van der Waals surface area contributed by atoms with E-state index in [9.17, 15) is 4.79 Å². The molecule has 0 radical (unpaired) electrons. The van der Waals surface area contributed by atoms with Crippen molar-refractivity contribution in [1.29, 1.82) is 0 Å². The maximum absolute atomic E-state index is 11.2. The second kappa shape index (κ2) is 3.06. The average Bonchev–Trinajstić information content (AvgIpc) is 2.59. The lowest BCUT2D eigenvalue weighted by atomic mass is 10.2. The molecule has 0 aliphatic carbocycles. The van der Waals surface area contributed by atoms with Crippen LogP contribution in [0.1, 0.15) is 10.4 Å². The molecule has 0 fully saturated rings. The Morgan fingerprint density at radius 1 is 1.50 bits per heavy atom. The molecule has 1 N–H and O–H groups in total. The van der Waals surface area contributed by atoms with Gasteiger partial charge in [0, 0.05) is 11.5 Å². The molecule has 1 aromatic carbocycles. The zero-order chi connectivity index (χ0) is 10.1. The highest BCUT2D eigenvalue weighted by Gasteiger charge is 2.13. The molecule has 1 heterocycles. The minimum Gasteiger partial charge on any atom is -0.508 e. The van der Waals surface area contributed by atoms with E-state index >= 15 is 0 Å². The first kappa shape index (κ1) is 8.62. The largest absolute Gasteiger partial charge is 0.508 e. The minimum absolute atomic E-state index is 0.100. The first-order valence-corrected chi connectivity index (χ1v) is 4.01. The fourth-order valence-electron chi connectivity index (χ4n) is 1.28. The molecule has 0 aliphatic rings. The van der Waals surface area contributed by atoms with E-state index in [-0.39, 0.29) is 5.75 Å².